The van der Waals surface area contributed by atoms with Gasteiger partial charge in [-0.3, -0.25) is 4.79 Å². The molecule has 2 aromatic carbocycles. The second-order valence-electron chi connectivity index (χ2n) is 9.09. The molecule has 0 radical (unpaired) electrons. The summed E-state index contributed by atoms with van der Waals surface area (Å²) in [7, 11) is 0. The number of hydrogen-bond acceptors (Lipinski definition) is 4. The summed E-state index contributed by atoms with van der Waals surface area (Å²) < 4.78 is 2.10. The Labute approximate surface area is 202 Å². The van der Waals surface area contributed by atoms with Gasteiger partial charge in [-0.1, -0.05) is 42.5 Å². The zero-order chi connectivity index (χ0) is 23.6. The van der Waals surface area contributed by atoms with Gasteiger partial charge < -0.3 is 14.8 Å². The molecule has 1 atom stereocenters. The highest BCUT2D eigenvalue weighted by Gasteiger charge is 2.25. The van der Waals surface area contributed by atoms with Crippen LogP contribution in [-0.2, 0) is 24.2 Å². The number of carbonyl (C=O) groups is 1. The Balaban J connectivity index is 1.19. The van der Waals surface area contributed by atoms with Gasteiger partial charge in [0, 0.05) is 37.9 Å². The van der Waals surface area contributed by atoms with Crippen LogP contribution < -0.4 is 5.32 Å². The lowest BCUT2D eigenvalue weighted by molar-refractivity contribution is -0.126. The number of aromatic nitrogens is 2. The number of nitrogens with zero attached hydrogens (tertiary/aromatic N) is 4. The lowest BCUT2D eigenvalue weighted by Crippen LogP contribution is -2.43. The van der Waals surface area contributed by atoms with Crippen LogP contribution in [0, 0.1) is 17.2 Å². The van der Waals surface area contributed by atoms with Crippen LogP contribution in [0.1, 0.15) is 41.6 Å². The molecule has 0 spiro atoms. The Morgan fingerprint density at radius 1 is 1.09 bits per heavy atom. The van der Waals surface area contributed by atoms with E-state index in [-0.39, 0.29) is 11.8 Å². The summed E-state index contributed by atoms with van der Waals surface area (Å²) in [6.45, 7) is 4.31. The van der Waals surface area contributed by atoms with E-state index in [1.807, 2.05) is 36.8 Å². The molecule has 6 nitrogen and oxygen atoms in total. The number of likely N-dealkylation sites (tertiary alicyclic amines) is 1. The molecule has 176 valence electrons. The number of piperidine rings is 1. The lowest BCUT2D eigenvalue weighted by atomic mass is 9.96. The Morgan fingerprint density at radius 3 is 2.71 bits per heavy atom. The monoisotopic (exact) mass is 455 g/mol. The van der Waals surface area contributed by atoms with Crippen molar-refractivity contribution in [3.8, 4) is 6.07 Å². The summed E-state index contributed by atoms with van der Waals surface area (Å²) in [5, 5.41) is 12.1. The van der Waals surface area contributed by atoms with Gasteiger partial charge in [0.2, 0.25) is 5.91 Å². The first-order chi connectivity index (χ1) is 16.7. The molecule has 4 rings (SSSR count). The van der Waals surface area contributed by atoms with Crippen LogP contribution in [0.3, 0.4) is 0 Å². The first kappa shape index (κ1) is 23.7. The first-order valence-electron chi connectivity index (χ1n) is 12.2. The van der Waals surface area contributed by atoms with E-state index in [2.05, 4.69) is 56.2 Å². The number of rotatable bonds is 10. The van der Waals surface area contributed by atoms with E-state index in [4.69, 9.17) is 5.26 Å². The zero-order valence-electron chi connectivity index (χ0n) is 19.7. The molecule has 0 bridgehead atoms. The Morgan fingerprint density at radius 2 is 1.91 bits per heavy atom. The van der Waals surface area contributed by atoms with Gasteiger partial charge in [0.25, 0.3) is 0 Å². The smallest absolute Gasteiger partial charge is 0.224 e. The molecule has 1 aliphatic heterocycles. The normalized spacial score (nSPS) is 16.1. The minimum absolute atomic E-state index is 0.0778. The van der Waals surface area contributed by atoms with E-state index in [1.54, 1.807) is 0 Å². The molecule has 0 aliphatic carbocycles. The summed E-state index contributed by atoms with van der Waals surface area (Å²) in [5.41, 5.74) is 4.26. The van der Waals surface area contributed by atoms with Gasteiger partial charge in [0.05, 0.1) is 23.9 Å². The molecule has 6 heteroatoms. The lowest BCUT2D eigenvalue weighted by Gasteiger charge is -2.32. The van der Waals surface area contributed by atoms with Crippen molar-refractivity contribution in [2.75, 3.05) is 26.2 Å². The highest BCUT2D eigenvalue weighted by molar-refractivity contribution is 5.78. The van der Waals surface area contributed by atoms with E-state index in [0.717, 1.165) is 63.0 Å². The molecule has 1 amide bonds. The first-order valence-corrected chi connectivity index (χ1v) is 12.2. The SMILES string of the molecule is N#Cc1ccc(Cn2cncc2CCNC(=O)[C@H]2CCCN(CCCc3ccccc3)C2)cc1. The van der Waals surface area contributed by atoms with Gasteiger partial charge in [0.15, 0.2) is 0 Å². The third kappa shape index (κ3) is 6.79. The van der Waals surface area contributed by atoms with Crippen LogP contribution in [0.25, 0.3) is 0 Å². The molecule has 3 aromatic rings. The maximum Gasteiger partial charge on any atom is 0.224 e. The van der Waals surface area contributed by atoms with Crippen molar-refractivity contribution >= 4 is 5.91 Å². The number of aryl methyl sites for hydroxylation is 1. The third-order valence-electron chi connectivity index (χ3n) is 6.57. The fraction of sp³-hybridized carbons (Fsp3) is 0.393. The van der Waals surface area contributed by atoms with Crippen LogP contribution in [0.15, 0.2) is 67.1 Å². The molecular formula is C28H33N5O. The van der Waals surface area contributed by atoms with Crippen LogP contribution in [-0.4, -0.2) is 46.5 Å². The predicted octanol–water partition coefficient (Wildman–Crippen LogP) is 3.81. The van der Waals surface area contributed by atoms with Crippen molar-refractivity contribution in [1.82, 2.24) is 19.8 Å². The van der Waals surface area contributed by atoms with Crippen LogP contribution in [0.4, 0.5) is 0 Å². The minimum atomic E-state index is 0.0778. The van der Waals surface area contributed by atoms with Gasteiger partial charge in [-0.2, -0.15) is 5.26 Å². The maximum atomic E-state index is 12.8. The number of imidazole rings is 1. The quantitative estimate of drug-likeness (QED) is 0.505. The molecule has 1 aliphatic rings. The zero-order valence-corrected chi connectivity index (χ0v) is 19.7. The standard InChI is InChI=1S/C28H33N5O/c29-18-24-10-12-25(13-11-24)20-33-22-30-19-27(33)14-15-31-28(34)26-9-5-17-32(21-26)16-4-8-23-6-2-1-3-7-23/h1-3,6-7,10-13,19,22,26H,4-5,8-9,14-17,20-21H2,(H,31,34)/t26-/m0/s1. The number of benzene rings is 2. The van der Waals surface area contributed by atoms with Gasteiger partial charge in [-0.15, -0.1) is 0 Å². The van der Waals surface area contributed by atoms with Gasteiger partial charge in [0.1, 0.15) is 0 Å². The summed E-state index contributed by atoms with van der Waals surface area (Å²) in [6.07, 6.45) is 8.70. The minimum Gasteiger partial charge on any atom is -0.355 e. The van der Waals surface area contributed by atoms with E-state index in [0.29, 0.717) is 18.7 Å². The van der Waals surface area contributed by atoms with Crippen molar-refractivity contribution in [3.05, 3.63) is 89.5 Å². The van der Waals surface area contributed by atoms with E-state index in [1.165, 1.54) is 5.56 Å². The summed E-state index contributed by atoms with van der Waals surface area (Å²) in [6, 6.07) is 20.4. The molecule has 1 N–H and O–H groups in total. The molecule has 1 saturated heterocycles. The largest absolute Gasteiger partial charge is 0.355 e. The summed E-state index contributed by atoms with van der Waals surface area (Å²) >= 11 is 0. The Bertz CT molecular complexity index is 1080. The van der Waals surface area contributed by atoms with Crippen molar-refractivity contribution in [2.24, 2.45) is 5.92 Å². The molecule has 0 saturated carbocycles. The second kappa shape index (κ2) is 12.2. The molecule has 1 aromatic heterocycles. The van der Waals surface area contributed by atoms with Crippen LogP contribution in [0.5, 0.6) is 0 Å². The number of amides is 1. The van der Waals surface area contributed by atoms with Gasteiger partial charge in [-0.25, -0.2) is 4.98 Å². The molecule has 34 heavy (non-hydrogen) atoms. The van der Waals surface area contributed by atoms with Gasteiger partial charge >= 0.3 is 0 Å². The molecular weight excluding hydrogens is 422 g/mol. The third-order valence-corrected chi connectivity index (χ3v) is 6.57. The van der Waals surface area contributed by atoms with Crippen molar-refractivity contribution in [1.29, 1.82) is 5.26 Å². The Kier molecular flexibility index (Phi) is 8.48. The fourth-order valence-corrected chi connectivity index (χ4v) is 4.66. The number of carbonyl (C=O) groups excluding carboxylic acids is 1. The number of hydrogen-bond donors (Lipinski definition) is 1. The summed E-state index contributed by atoms with van der Waals surface area (Å²) in [5.74, 6) is 0.250. The fourth-order valence-electron chi connectivity index (χ4n) is 4.66. The van der Waals surface area contributed by atoms with Crippen LogP contribution >= 0.6 is 0 Å². The van der Waals surface area contributed by atoms with E-state index < -0.39 is 0 Å². The maximum absolute atomic E-state index is 12.8. The van der Waals surface area contributed by atoms with E-state index >= 15 is 0 Å². The summed E-state index contributed by atoms with van der Waals surface area (Å²) in [4.78, 5) is 19.6. The average molecular weight is 456 g/mol. The number of nitriles is 1. The molecule has 0 unspecified atom stereocenters. The number of nitrogens with one attached hydrogen (secondary N) is 1. The van der Waals surface area contributed by atoms with E-state index in [9.17, 15) is 4.79 Å². The van der Waals surface area contributed by atoms with Crippen LogP contribution in [0.2, 0.25) is 0 Å². The average Bonchev–Trinajstić information content (AvgIpc) is 3.32. The highest BCUT2D eigenvalue weighted by Crippen LogP contribution is 2.17. The molecule has 2 heterocycles. The van der Waals surface area contributed by atoms with Crippen molar-refractivity contribution in [3.63, 3.8) is 0 Å². The second-order valence-corrected chi connectivity index (χ2v) is 9.09. The molecule has 1 fully saturated rings. The van der Waals surface area contributed by atoms with Crippen molar-refractivity contribution < 1.29 is 4.79 Å². The van der Waals surface area contributed by atoms with Gasteiger partial charge in [-0.05, 0) is 62.0 Å². The van der Waals surface area contributed by atoms with Crippen molar-refractivity contribution in [2.45, 2.75) is 38.6 Å². The topological polar surface area (TPSA) is 74.0 Å². The Hall–Kier alpha value is -3.43. The predicted molar refractivity (Wildman–Crippen MR) is 133 cm³/mol. The highest BCUT2D eigenvalue weighted by atomic mass is 16.1.